The van der Waals surface area contributed by atoms with Crippen LogP contribution in [-0.2, 0) is 10.0 Å². The number of hydrogen-bond donors (Lipinski definition) is 1. The molecule has 0 spiro atoms. The molecule has 0 radical (unpaired) electrons. The van der Waals surface area contributed by atoms with E-state index in [1.165, 1.54) is 10.4 Å². The maximum Gasteiger partial charge on any atom is 0.244 e. The maximum atomic E-state index is 12.9. The lowest BCUT2D eigenvalue weighted by molar-refractivity contribution is 0.142. The summed E-state index contributed by atoms with van der Waals surface area (Å²) in [6.07, 6.45) is 3.38. The third kappa shape index (κ3) is 3.12. The molecule has 6 nitrogen and oxygen atoms in total. The van der Waals surface area contributed by atoms with Gasteiger partial charge in [-0.2, -0.15) is 4.31 Å². The van der Waals surface area contributed by atoms with Gasteiger partial charge >= 0.3 is 0 Å². The molecule has 9 heteroatoms. The van der Waals surface area contributed by atoms with Gasteiger partial charge in [-0.3, -0.25) is 4.90 Å². The number of halogens is 2. The van der Waals surface area contributed by atoms with E-state index in [1.807, 2.05) is 7.05 Å². The minimum absolute atomic E-state index is 0.0365. The zero-order valence-electron chi connectivity index (χ0n) is 12.4. The molecule has 1 aliphatic heterocycles. The molecule has 3 rings (SSSR count). The van der Waals surface area contributed by atoms with Crippen molar-refractivity contribution in [3.63, 3.8) is 0 Å². The summed E-state index contributed by atoms with van der Waals surface area (Å²) in [4.78, 5) is 9.40. The molecule has 1 fully saturated rings. The van der Waals surface area contributed by atoms with E-state index in [4.69, 9.17) is 23.2 Å². The Morgan fingerprint density at radius 2 is 2.09 bits per heavy atom. The SMILES string of the molecule is CN1CCN(S(=O)(=O)c2cccc(Cl)c2Cl)C[C@H]1c1ncc[nH]1. The lowest BCUT2D eigenvalue weighted by Gasteiger charge is -2.37. The molecule has 1 saturated heterocycles. The highest BCUT2D eigenvalue weighted by Crippen LogP contribution is 2.33. The van der Waals surface area contributed by atoms with Crippen molar-refractivity contribution in [3.05, 3.63) is 46.5 Å². The molecule has 2 aromatic rings. The minimum Gasteiger partial charge on any atom is -0.347 e. The van der Waals surface area contributed by atoms with Gasteiger partial charge < -0.3 is 4.98 Å². The molecule has 0 bridgehead atoms. The van der Waals surface area contributed by atoms with Crippen molar-refractivity contribution in [2.24, 2.45) is 0 Å². The number of likely N-dealkylation sites (N-methyl/N-ethyl adjacent to an activating group) is 1. The van der Waals surface area contributed by atoms with Crippen LogP contribution < -0.4 is 0 Å². The standard InChI is InChI=1S/C14H16Cl2N4O2S/c1-19-7-8-20(9-11(19)14-17-5-6-18-14)23(21,22)12-4-2-3-10(15)13(12)16/h2-6,11H,7-9H2,1H3,(H,17,18)/t11-/m0/s1. The van der Waals surface area contributed by atoms with Crippen molar-refractivity contribution in [2.45, 2.75) is 10.9 Å². The highest BCUT2D eigenvalue weighted by Gasteiger charge is 2.35. The Morgan fingerprint density at radius 1 is 1.30 bits per heavy atom. The first-order valence-electron chi connectivity index (χ1n) is 7.05. The summed E-state index contributed by atoms with van der Waals surface area (Å²) < 4.78 is 27.3. The number of imidazole rings is 1. The van der Waals surface area contributed by atoms with Crippen LogP contribution in [0.5, 0.6) is 0 Å². The summed E-state index contributed by atoms with van der Waals surface area (Å²) in [6.45, 7) is 1.29. The Bertz CT molecular complexity index is 795. The summed E-state index contributed by atoms with van der Waals surface area (Å²) in [7, 11) is -1.77. The molecule has 1 N–H and O–H groups in total. The third-order valence-corrected chi connectivity index (χ3v) is 6.82. The van der Waals surface area contributed by atoms with E-state index in [0.717, 1.165) is 5.82 Å². The van der Waals surface area contributed by atoms with Gasteiger partial charge in [-0.15, -0.1) is 0 Å². The highest BCUT2D eigenvalue weighted by atomic mass is 35.5. The first kappa shape index (κ1) is 16.7. The number of benzene rings is 1. The zero-order chi connectivity index (χ0) is 16.6. The fraction of sp³-hybridized carbons (Fsp3) is 0.357. The maximum absolute atomic E-state index is 12.9. The van der Waals surface area contributed by atoms with Crippen LogP contribution in [0.4, 0.5) is 0 Å². The molecule has 23 heavy (non-hydrogen) atoms. The van der Waals surface area contributed by atoms with Gasteiger partial charge in [-0.25, -0.2) is 13.4 Å². The number of H-pyrrole nitrogens is 1. The van der Waals surface area contributed by atoms with Crippen LogP contribution in [-0.4, -0.2) is 54.3 Å². The summed E-state index contributed by atoms with van der Waals surface area (Å²) >= 11 is 12.0. The number of nitrogens with zero attached hydrogens (tertiary/aromatic N) is 3. The van der Waals surface area contributed by atoms with Crippen molar-refractivity contribution in [1.29, 1.82) is 0 Å². The minimum atomic E-state index is -3.71. The Balaban J connectivity index is 1.93. The van der Waals surface area contributed by atoms with Gasteiger partial charge in [0.15, 0.2) is 0 Å². The molecule has 0 saturated carbocycles. The van der Waals surface area contributed by atoms with Gasteiger partial charge in [-0.05, 0) is 19.2 Å². The molecule has 1 atom stereocenters. The second-order valence-corrected chi connectivity index (χ2v) is 8.08. The quantitative estimate of drug-likeness (QED) is 0.895. The van der Waals surface area contributed by atoms with Crippen LogP contribution >= 0.6 is 23.2 Å². The van der Waals surface area contributed by atoms with Crippen LogP contribution in [0.1, 0.15) is 11.9 Å². The Labute approximate surface area is 145 Å². The van der Waals surface area contributed by atoms with Gasteiger partial charge in [0, 0.05) is 32.0 Å². The highest BCUT2D eigenvalue weighted by molar-refractivity contribution is 7.89. The van der Waals surface area contributed by atoms with Gasteiger partial charge in [-0.1, -0.05) is 29.3 Å². The van der Waals surface area contributed by atoms with E-state index in [0.29, 0.717) is 19.6 Å². The Hall–Kier alpha value is -1.12. The van der Waals surface area contributed by atoms with Crippen LogP contribution in [0.3, 0.4) is 0 Å². The van der Waals surface area contributed by atoms with Crippen LogP contribution in [0, 0.1) is 0 Å². The molecule has 0 amide bonds. The molecular weight excluding hydrogens is 359 g/mol. The smallest absolute Gasteiger partial charge is 0.244 e. The molecule has 1 aliphatic rings. The Morgan fingerprint density at radius 3 is 2.78 bits per heavy atom. The number of aromatic amines is 1. The molecule has 1 aromatic carbocycles. The van der Waals surface area contributed by atoms with E-state index in [1.54, 1.807) is 24.5 Å². The van der Waals surface area contributed by atoms with E-state index in [2.05, 4.69) is 14.9 Å². The van der Waals surface area contributed by atoms with E-state index in [-0.39, 0.29) is 21.0 Å². The number of nitrogens with one attached hydrogen (secondary N) is 1. The molecule has 1 aromatic heterocycles. The monoisotopic (exact) mass is 374 g/mol. The van der Waals surface area contributed by atoms with Gasteiger partial charge in [0.05, 0.1) is 16.1 Å². The van der Waals surface area contributed by atoms with E-state index < -0.39 is 10.0 Å². The summed E-state index contributed by atoms with van der Waals surface area (Å²) in [6, 6.07) is 4.50. The van der Waals surface area contributed by atoms with Crippen molar-refractivity contribution in [3.8, 4) is 0 Å². The average Bonchev–Trinajstić information content (AvgIpc) is 3.04. The number of aromatic nitrogens is 2. The first-order valence-corrected chi connectivity index (χ1v) is 9.24. The largest absolute Gasteiger partial charge is 0.347 e. The van der Waals surface area contributed by atoms with Crippen LogP contribution in [0.2, 0.25) is 10.0 Å². The molecule has 0 unspecified atom stereocenters. The van der Waals surface area contributed by atoms with Gasteiger partial charge in [0.25, 0.3) is 0 Å². The lowest BCUT2D eigenvalue weighted by atomic mass is 10.2. The fourth-order valence-corrected chi connectivity index (χ4v) is 4.82. The first-order chi connectivity index (χ1) is 10.9. The van der Waals surface area contributed by atoms with E-state index >= 15 is 0 Å². The van der Waals surface area contributed by atoms with Crippen molar-refractivity contribution < 1.29 is 8.42 Å². The summed E-state index contributed by atoms with van der Waals surface area (Å²) in [5.74, 6) is 0.740. The number of piperazine rings is 1. The predicted molar refractivity (Wildman–Crippen MR) is 89.2 cm³/mol. The summed E-state index contributed by atoms with van der Waals surface area (Å²) in [5.41, 5.74) is 0. The zero-order valence-corrected chi connectivity index (χ0v) is 14.7. The topological polar surface area (TPSA) is 69.3 Å². The lowest BCUT2D eigenvalue weighted by Crippen LogP contribution is -2.49. The normalized spacial score (nSPS) is 20.7. The van der Waals surface area contributed by atoms with E-state index in [9.17, 15) is 8.42 Å². The second-order valence-electron chi connectivity index (χ2n) is 5.39. The number of rotatable bonds is 3. The fourth-order valence-electron chi connectivity index (χ4n) is 2.64. The average molecular weight is 375 g/mol. The number of sulfonamides is 1. The van der Waals surface area contributed by atoms with Crippen molar-refractivity contribution in [2.75, 3.05) is 26.7 Å². The molecular formula is C14H16Cl2N4O2S. The van der Waals surface area contributed by atoms with Crippen molar-refractivity contribution >= 4 is 33.2 Å². The van der Waals surface area contributed by atoms with Crippen LogP contribution in [0.25, 0.3) is 0 Å². The van der Waals surface area contributed by atoms with Gasteiger partial charge in [0.2, 0.25) is 10.0 Å². The summed E-state index contributed by atoms with van der Waals surface area (Å²) in [5, 5.41) is 0.284. The Kier molecular flexibility index (Phi) is 4.66. The molecule has 2 heterocycles. The molecule has 0 aliphatic carbocycles. The predicted octanol–water partition coefficient (Wildman–Crippen LogP) is 2.39. The van der Waals surface area contributed by atoms with Crippen LogP contribution in [0.15, 0.2) is 35.5 Å². The van der Waals surface area contributed by atoms with Gasteiger partial charge in [0.1, 0.15) is 10.7 Å². The van der Waals surface area contributed by atoms with Crippen molar-refractivity contribution in [1.82, 2.24) is 19.2 Å². The molecule has 124 valence electrons. The number of hydrogen-bond acceptors (Lipinski definition) is 4. The second kappa shape index (κ2) is 6.41. The third-order valence-electron chi connectivity index (χ3n) is 3.98.